The van der Waals surface area contributed by atoms with Gasteiger partial charge < -0.3 is 15.2 Å². The van der Waals surface area contributed by atoms with Crippen molar-refractivity contribution in [2.75, 3.05) is 19.0 Å². The SMILES string of the molecule is COc1ccc(NC(C)CCCO)c(C)c1. The Balaban J connectivity index is 2.59. The molecule has 3 heteroatoms. The lowest BCUT2D eigenvalue weighted by Gasteiger charge is -2.17. The van der Waals surface area contributed by atoms with E-state index in [-0.39, 0.29) is 6.61 Å². The molecular weight excluding hydrogens is 202 g/mol. The van der Waals surface area contributed by atoms with Crippen LogP contribution < -0.4 is 10.1 Å². The molecule has 0 aromatic heterocycles. The molecule has 0 saturated carbocycles. The molecule has 0 aliphatic heterocycles. The fourth-order valence-electron chi connectivity index (χ4n) is 1.66. The van der Waals surface area contributed by atoms with Gasteiger partial charge in [-0.1, -0.05) is 0 Å². The predicted molar refractivity (Wildman–Crippen MR) is 67.1 cm³/mol. The van der Waals surface area contributed by atoms with Crippen LogP contribution in [0, 0.1) is 6.92 Å². The summed E-state index contributed by atoms with van der Waals surface area (Å²) in [6, 6.07) is 6.37. The summed E-state index contributed by atoms with van der Waals surface area (Å²) in [7, 11) is 1.67. The molecule has 16 heavy (non-hydrogen) atoms. The number of aliphatic hydroxyl groups is 1. The zero-order valence-corrected chi connectivity index (χ0v) is 10.3. The van der Waals surface area contributed by atoms with E-state index in [9.17, 15) is 0 Å². The van der Waals surface area contributed by atoms with Crippen molar-refractivity contribution in [1.29, 1.82) is 0 Å². The van der Waals surface area contributed by atoms with Gasteiger partial charge in [0.25, 0.3) is 0 Å². The van der Waals surface area contributed by atoms with Gasteiger partial charge in [-0.25, -0.2) is 0 Å². The van der Waals surface area contributed by atoms with Gasteiger partial charge >= 0.3 is 0 Å². The number of hydrogen-bond donors (Lipinski definition) is 2. The van der Waals surface area contributed by atoms with Crippen molar-refractivity contribution in [2.45, 2.75) is 32.7 Å². The number of aryl methyl sites for hydroxylation is 1. The normalized spacial score (nSPS) is 12.2. The fourth-order valence-corrected chi connectivity index (χ4v) is 1.66. The Morgan fingerprint density at radius 2 is 2.19 bits per heavy atom. The van der Waals surface area contributed by atoms with Crippen molar-refractivity contribution in [1.82, 2.24) is 0 Å². The average molecular weight is 223 g/mol. The Morgan fingerprint density at radius 3 is 2.75 bits per heavy atom. The van der Waals surface area contributed by atoms with Crippen molar-refractivity contribution in [2.24, 2.45) is 0 Å². The maximum Gasteiger partial charge on any atom is 0.119 e. The van der Waals surface area contributed by atoms with Gasteiger partial charge in [0.15, 0.2) is 0 Å². The summed E-state index contributed by atoms with van der Waals surface area (Å²) in [5.41, 5.74) is 2.31. The molecule has 0 fully saturated rings. The van der Waals surface area contributed by atoms with E-state index in [0.29, 0.717) is 6.04 Å². The molecule has 0 aliphatic carbocycles. The Bertz CT molecular complexity index is 326. The third kappa shape index (κ3) is 3.74. The van der Waals surface area contributed by atoms with Gasteiger partial charge in [-0.2, -0.15) is 0 Å². The highest BCUT2D eigenvalue weighted by Gasteiger charge is 2.04. The molecule has 0 aliphatic rings. The van der Waals surface area contributed by atoms with Crippen LogP contribution in [0.25, 0.3) is 0 Å². The molecule has 1 aromatic rings. The Hall–Kier alpha value is -1.22. The topological polar surface area (TPSA) is 41.5 Å². The van der Waals surface area contributed by atoms with Crippen molar-refractivity contribution >= 4 is 5.69 Å². The lowest BCUT2D eigenvalue weighted by Crippen LogP contribution is -2.16. The van der Waals surface area contributed by atoms with Gasteiger partial charge in [0, 0.05) is 18.3 Å². The van der Waals surface area contributed by atoms with E-state index in [1.54, 1.807) is 7.11 Å². The van der Waals surface area contributed by atoms with E-state index in [1.807, 2.05) is 18.2 Å². The predicted octanol–water partition coefficient (Wildman–Crippen LogP) is 2.58. The Morgan fingerprint density at radius 1 is 1.44 bits per heavy atom. The van der Waals surface area contributed by atoms with E-state index in [1.165, 1.54) is 5.56 Å². The molecule has 2 N–H and O–H groups in total. The molecule has 0 radical (unpaired) electrons. The van der Waals surface area contributed by atoms with Crippen LogP contribution in [0.2, 0.25) is 0 Å². The van der Waals surface area contributed by atoms with Crippen LogP contribution >= 0.6 is 0 Å². The molecule has 1 aromatic carbocycles. The van der Waals surface area contributed by atoms with Crippen LogP contribution in [0.4, 0.5) is 5.69 Å². The van der Waals surface area contributed by atoms with Crippen molar-refractivity contribution in [3.63, 3.8) is 0 Å². The van der Waals surface area contributed by atoms with Gasteiger partial charge in [-0.05, 0) is 50.5 Å². The third-order valence-corrected chi connectivity index (χ3v) is 2.63. The van der Waals surface area contributed by atoms with Crippen LogP contribution in [0.1, 0.15) is 25.3 Å². The first kappa shape index (κ1) is 12.8. The zero-order chi connectivity index (χ0) is 12.0. The number of hydrogen-bond acceptors (Lipinski definition) is 3. The number of nitrogens with one attached hydrogen (secondary N) is 1. The summed E-state index contributed by atoms with van der Waals surface area (Å²) >= 11 is 0. The Kier molecular flexibility index (Phi) is 5.12. The largest absolute Gasteiger partial charge is 0.497 e. The highest BCUT2D eigenvalue weighted by Crippen LogP contribution is 2.22. The zero-order valence-electron chi connectivity index (χ0n) is 10.3. The number of aliphatic hydroxyl groups excluding tert-OH is 1. The van der Waals surface area contributed by atoms with Gasteiger partial charge in [0.05, 0.1) is 7.11 Å². The van der Waals surface area contributed by atoms with Crippen molar-refractivity contribution in [3.8, 4) is 5.75 Å². The number of methoxy groups -OCH3 is 1. The van der Waals surface area contributed by atoms with E-state index < -0.39 is 0 Å². The quantitative estimate of drug-likeness (QED) is 0.779. The third-order valence-electron chi connectivity index (χ3n) is 2.63. The first-order chi connectivity index (χ1) is 7.67. The highest BCUT2D eigenvalue weighted by atomic mass is 16.5. The van der Waals surface area contributed by atoms with E-state index in [4.69, 9.17) is 9.84 Å². The van der Waals surface area contributed by atoms with Crippen LogP contribution in [-0.4, -0.2) is 24.9 Å². The minimum Gasteiger partial charge on any atom is -0.497 e. The number of benzene rings is 1. The molecule has 90 valence electrons. The fraction of sp³-hybridized carbons (Fsp3) is 0.538. The maximum atomic E-state index is 8.76. The standard InChI is InChI=1S/C13H21NO2/c1-10-9-12(16-3)6-7-13(10)14-11(2)5-4-8-15/h6-7,9,11,14-15H,4-5,8H2,1-3H3. The van der Waals surface area contributed by atoms with Gasteiger partial charge in [0.2, 0.25) is 0 Å². The molecule has 1 atom stereocenters. The molecule has 0 spiro atoms. The smallest absolute Gasteiger partial charge is 0.119 e. The minimum atomic E-state index is 0.258. The van der Waals surface area contributed by atoms with Crippen LogP contribution in [0.5, 0.6) is 5.75 Å². The minimum absolute atomic E-state index is 0.258. The maximum absolute atomic E-state index is 8.76. The molecule has 1 rings (SSSR count). The molecule has 0 saturated heterocycles. The first-order valence-corrected chi connectivity index (χ1v) is 5.69. The Labute approximate surface area is 97.4 Å². The summed E-state index contributed by atoms with van der Waals surface area (Å²) in [5, 5.41) is 12.2. The molecule has 0 heterocycles. The number of ether oxygens (including phenoxy) is 1. The summed E-state index contributed by atoms with van der Waals surface area (Å²) < 4.78 is 5.16. The van der Waals surface area contributed by atoms with Gasteiger partial charge in [-0.15, -0.1) is 0 Å². The number of anilines is 1. The summed E-state index contributed by atoms with van der Waals surface area (Å²) in [6.45, 7) is 4.44. The summed E-state index contributed by atoms with van der Waals surface area (Å²) in [6.07, 6.45) is 1.81. The molecule has 1 unspecified atom stereocenters. The second-order valence-corrected chi connectivity index (χ2v) is 4.09. The highest BCUT2D eigenvalue weighted by molar-refractivity contribution is 5.54. The summed E-state index contributed by atoms with van der Waals surface area (Å²) in [4.78, 5) is 0. The molecule has 3 nitrogen and oxygen atoms in total. The molecular formula is C13H21NO2. The monoisotopic (exact) mass is 223 g/mol. The number of rotatable bonds is 6. The van der Waals surface area contributed by atoms with Gasteiger partial charge in [0.1, 0.15) is 5.75 Å². The van der Waals surface area contributed by atoms with E-state index in [2.05, 4.69) is 19.2 Å². The van der Waals surface area contributed by atoms with Crippen LogP contribution in [0.3, 0.4) is 0 Å². The molecule has 0 amide bonds. The van der Waals surface area contributed by atoms with Crippen molar-refractivity contribution in [3.05, 3.63) is 23.8 Å². The van der Waals surface area contributed by atoms with E-state index in [0.717, 1.165) is 24.3 Å². The lowest BCUT2D eigenvalue weighted by atomic mass is 10.1. The van der Waals surface area contributed by atoms with Crippen molar-refractivity contribution < 1.29 is 9.84 Å². The first-order valence-electron chi connectivity index (χ1n) is 5.69. The van der Waals surface area contributed by atoms with Crippen LogP contribution in [0.15, 0.2) is 18.2 Å². The summed E-state index contributed by atoms with van der Waals surface area (Å²) in [5.74, 6) is 0.881. The second-order valence-electron chi connectivity index (χ2n) is 4.09. The lowest BCUT2D eigenvalue weighted by molar-refractivity contribution is 0.282. The average Bonchev–Trinajstić information content (AvgIpc) is 2.29. The van der Waals surface area contributed by atoms with Crippen LogP contribution in [-0.2, 0) is 0 Å². The van der Waals surface area contributed by atoms with E-state index >= 15 is 0 Å². The second kappa shape index (κ2) is 6.38. The molecule has 0 bridgehead atoms. The van der Waals surface area contributed by atoms with Gasteiger partial charge in [-0.3, -0.25) is 0 Å².